The highest BCUT2D eigenvalue weighted by atomic mass is 16.6. The van der Waals surface area contributed by atoms with Crippen LogP contribution in [-0.2, 0) is 11.3 Å². The average Bonchev–Trinajstić information content (AvgIpc) is 2.24. The van der Waals surface area contributed by atoms with Crippen LogP contribution in [0.25, 0.3) is 0 Å². The van der Waals surface area contributed by atoms with E-state index in [2.05, 4.69) is 10.3 Å². The zero-order chi connectivity index (χ0) is 13.8. The quantitative estimate of drug-likeness (QED) is 0.702. The Morgan fingerprint density at radius 1 is 1.44 bits per heavy atom. The normalized spacial score (nSPS) is 11.4. The summed E-state index contributed by atoms with van der Waals surface area (Å²) in [5, 5.41) is 20.3. The fraction of sp³-hybridized carbons (Fsp3) is 0.500. The van der Waals surface area contributed by atoms with Gasteiger partial charge in [-0.2, -0.15) is 0 Å². The van der Waals surface area contributed by atoms with Crippen LogP contribution in [0.4, 0.5) is 4.79 Å². The topological polar surface area (TPSA) is 91.7 Å². The van der Waals surface area contributed by atoms with Crippen LogP contribution < -0.4 is 5.32 Å². The number of hydrogen-bond donors (Lipinski definition) is 3. The van der Waals surface area contributed by atoms with Crippen LogP contribution in [0.5, 0.6) is 0 Å². The van der Waals surface area contributed by atoms with Gasteiger partial charge in [0, 0.05) is 12.7 Å². The van der Waals surface area contributed by atoms with Crippen molar-refractivity contribution in [3.8, 4) is 0 Å². The molecule has 0 bridgehead atoms. The van der Waals surface area contributed by atoms with E-state index in [-0.39, 0.29) is 12.2 Å². The molecular formula is C12H18N2O4. The van der Waals surface area contributed by atoms with Crippen molar-refractivity contribution >= 4 is 6.09 Å². The molecule has 1 aromatic rings. The molecule has 1 aromatic heterocycles. The summed E-state index contributed by atoms with van der Waals surface area (Å²) in [7, 11) is 0. The second kappa shape index (κ2) is 5.79. The van der Waals surface area contributed by atoms with Crippen molar-refractivity contribution in [3.63, 3.8) is 0 Å². The summed E-state index contributed by atoms with van der Waals surface area (Å²) in [4.78, 5) is 15.2. The van der Waals surface area contributed by atoms with Gasteiger partial charge in [0.2, 0.25) is 0 Å². The second-order valence-electron chi connectivity index (χ2n) is 4.82. The Hall–Kier alpha value is -1.66. The Morgan fingerprint density at radius 3 is 2.56 bits per heavy atom. The van der Waals surface area contributed by atoms with Gasteiger partial charge in [0.1, 0.15) is 5.60 Å². The molecule has 1 rings (SSSR count). The molecule has 0 aliphatic carbocycles. The Bertz CT molecular complexity index is 396. The number of pyridine rings is 1. The third kappa shape index (κ3) is 5.11. The first kappa shape index (κ1) is 14.4. The highest BCUT2D eigenvalue weighted by Gasteiger charge is 2.15. The maximum Gasteiger partial charge on any atom is 0.407 e. The number of carbonyl (C=O) groups is 1. The predicted octanol–water partition coefficient (Wildman–Crippen LogP) is 1.09. The molecule has 0 aliphatic rings. The molecule has 0 atom stereocenters. The van der Waals surface area contributed by atoms with Gasteiger partial charge in [-0.25, -0.2) is 4.79 Å². The number of aromatic nitrogens is 1. The van der Waals surface area contributed by atoms with Gasteiger partial charge in [-0.3, -0.25) is 4.98 Å². The highest BCUT2D eigenvalue weighted by Crippen LogP contribution is 2.08. The van der Waals surface area contributed by atoms with Crippen LogP contribution >= 0.6 is 0 Å². The third-order valence-corrected chi connectivity index (χ3v) is 1.95. The fourth-order valence-corrected chi connectivity index (χ4v) is 1.18. The number of nitrogens with one attached hydrogen (secondary N) is 1. The summed E-state index contributed by atoms with van der Waals surface area (Å²) in [6.07, 6.45) is -0.627. The van der Waals surface area contributed by atoms with E-state index in [1.165, 1.54) is 12.3 Å². The zero-order valence-electron chi connectivity index (χ0n) is 10.7. The highest BCUT2D eigenvalue weighted by molar-refractivity contribution is 5.67. The fourth-order valence-electron chi connectivity index (χ4n) is 1.18. The van der Waals surface area contributed by atoms with Gasteiger partial charge in [-0.15, -0.1) is 0 Å². The van der Waals surface area contributed by atoms with Gasteiger partial charge in [-0.1, -0.05) is 6.07 Å². The molecule has 6 nitrogen and oxygen atoms in total. The number of aliphatic hydroxyl groups excluding tert-OH is 1. The van der Waals surface area contributed by atoms with Crippen molar-refractivity contribution in [2.45, 2.75) is 39.2 Å². The van der Waals surface area contributed by atoms with Gasteiger partial charge >= 0.3 is 6.09 Å². The lowest BCUT2D eigenvalue weighted by atomic mass is 10.2. The average molecular weight is 254 g/mol. The summed E-state index contributed by atoms with van der Waals surface area (Å²) in [6.45, 7) is 5.62. The number of rotatable bonds is 3. The minimum Gasteiger partial charge on any atom is -0.444 e. The summed E-state index contributed by atoms with van der Waals surface area (Å²) in [5.41, 5.74) is 0.369. The molecule has 0 saturated heterocycles. The molecule has 0 fully saturated rings. The molecule has 1 amide bonds. The first-order valence-corrected chi connectivity index (χ1v) is 5.56. The van der Waals surface area contributed by atoms with Crippen molar-refractivity contribution in [2.24, 2.45) is 0 Å². The number of amides is 1. The van der Waals surface area contributed by atoms with Crippen LogP contribution in [0.3, 0.4) is 0 Å². The Balaban J connectivity index is 2.46. The van der Waals surface area contributed by atoms with Crippen LogP contribution in [0.1, 0.15) is 38.3 Å². The van der Waals surface area contributed by atoms with Crippen molar-refractivity contribution < 1.29 is 19.7 Å². The third-order valence-electron chi connectivity index (χ3n) is 1.95. The second-order valence-corrected chi connectivity index (χ2v) is 4.82. The standard InChI is InChI=1S/C12H18N2O4/c1-12(2,3)18-11(17)14-7-8-4-5-9(10(15)16)13-6-8/h4-6,10,15-16H,7H2,1-3H3,(H,14,17). The maximum atomic E-state index is 11.4. The van der Waals surface area contributed by atoms with E-state index in [0.717, 1.165) is 5.56 Å². The minimum atomic E-state index is -1.59. The Labute approximate surface area is 106 Å². The number of hydrogen-bond acceptors (Lipinski definition) is 5. The van der Waals surface area contributed by atoms with Gasteiger partial charge in [0.25, 0.3) is 0 Å². The predicted molar refractivity (Wildman–Crippen MR) is 64.5 cm³/mol. The first-order valence-electron chi connectivity index (χ1n) is 5.56. The van der Waals surface area contributed by atoms with Crippen molar-refractivity contribution in [1.29, 1.82) is 0 Å². The summed E-state index contributed by atoms with van der Waals surface area (Å²) >= 11 is 0. The molecule has 18 heavy (non-hydrogen) atoms. The van der Waals surface area contributed by atoms with E-state index in [0.29, 0.717) is 0 Å². The van der Waals surface area contributed by atoms with Crippen LogP contribution in [0.2, 0.25) is 0 Å². The monoisotopic (exact) mass is 254 g/mol. The van der Waals surface area contributed by atoms with Crippen molar-refractivity contribution in [1.82, 2.24) is 10.3 Å². The number of carbonyl (C=O) groups excluding carboxylic acids is 1. The van der Waals surface area contributed by atoms with E-state index in [9.17, 15) is 4.79 Å². The van der Waals surface area contributed by atoms with Gasteiger partial charge in [-0.05, 0) is 32.4 Å². The maximum absolute atomic E-state index is 11.4. The van der Waals surface area contributed by atoms with E-state index in [1.807, 2.05) is 0 Å². The SMILES string of the molecule is CC(C)(C)OC(=O)NCc1ccc(C(O)O)nc1. The molecule has 100 valence electrons. The smallest absolute Gasteiger partial charge is 0.407 e. The summed E-state index contributed by atoms with van der Waals surface area (Å²) in [5.74, 6) is 0. The molecule has 6 heteroatoms. The van der Waals surface area contributed by atoms with E-state index in [1.54, 1.807) is 26.8 Å². The van der Waals surface area contributed by atoms with Gasteiger partial charge < -0.3 is 20.3 Å². The molecule has 1 heterocycles. The van der Waals surface area contributed by atoms with E-state index >= 15 is 0 Å². The Kier molecular flexibility index (Phi) is 4.63. The number of aliphatic hydroxyl groups is 2. The molecular weight excluding hydrogens is 236 g/mol. The summed E-state index contributed by atoms with van der Waals surface area (Å²) < 4.78 is 5.07. The van der Waals surface area contributed by atoms with Gasteiger partial charge in [0.05, 0.1) is 5.69 Å². The lowest BCUT2D eigenvalue weighted by Gasteiger charge is -2.19. The van der Waals surface area contributed by atoms with E-state index in [4.69, 9.17) is 14.9 Å². The molecule has 0 spiro atoms. The van der Waals surface area contributed by atoms with Gasteiger partial charge in [0.15, 0.2) is 6.29 Å². The number of alkyl carbamates (subject to hydrolysis) is 1. The molecule has 0 aromatic carbocycles. The first-order chi connectivity index (χ1) is 8.28. The van der Waals surface area contributed by atoms with Crippen LogP contribution in [0, 0.1) is 0 Å². The minimum absolute atomic E-state index is 0.163. The van der Waals surface area contributed by atoms with Crippen molar-refractivity contribution in [2.75, 3.05) is 0 Å². The van der Waals surface area contributed by atoms with Crippen LogP contribution in [-0.4, -0.2) is 26.9 Å². The molecule has 0 unspecified atom stereocenters. The summed E-state index contributed by atoms with van der Waals surface area (Å²) in [6, 6.07) is 3.13. The molecule has 3 N–H and O–H groups in total. The van der Waals surface area contributed by atoms with E-state index < -0.39 is 18.0 Å². The lowest BCUT2D eigenvalue weighted by molar-refractivity contribution is -0.0458. The lowest BCUT2D eigenvalue weighted by Crippen LogP contribution is -2.32. The molecule has 0 aliphatic heterocycles. The largest absolute Gasteiger partial charge is 0.444 e. The Morgan fingerprint density at radius 2 is 2.11 bits per heavy atom. The van der Waals surface area contributed by atoms with Crippen molar-refractivity contribution in [3.05, 3.63) is 29.6 Å². The number of nitrogens with zero attached hydrogens (tertiary/aromatic N) is 1. The number of ether oxygens (including phenoxy) is 1. The zero-order valence-corrected chi connectivity index (χ0v) is 10.7. The molecule has 0 saturated carbocycles. The van der Waals surface area contributed by atoms with Crippen LogP contribution in [0.15, 0.2) is 18.3 Å². The molecule has 0 radical (unpaired) electrons.